The molecule has 1 aliphatic heterocycles. The van der Waals surface area contributed by atoms with E-state index in [9.17, 15) is 17.6 Å². The summed E-state index contributed by atoms with van der Waals surface area (Å²) in [6.45, 7) is 0.938. The Morgan fingerprint density at radius 3 is 2.64 bits per heavy atom. The first-order valence-corrected chi connectivity index (χ1v) is 11.3. The van der Waals surface area contributed by atoms with Crippen LogP contribution in [0.2, 0.25) is 0 Å². The van der Waals surface area contributed by atoms with Crippen molar-refractivity contribution in [2.45, 2.75) is 24.8 Å². The molecule has 0 spiro atoms. The molecule has 3 atom stereocenters. The van der Waals surface area contributed by atoms with E-state index < -0.39 is 10.0 Å². The Balaban J connectivity index is 1.49. The maximum Gasteiger partial charge on any atom is 0.226 e. The number of carbonyl (C=O) groups excluding carboxylic acids is 1. The smallest absolute Gasteiger partial charge is 0.226 e. The lowest BCUT2D eigenvalue weighted by atomic mass is 9.95. The van der Waals surface area contributed by atoms with Gasteiger partial charge in [-0.05, 0) is 47.6 Å². The van der Waals surface area contributed by atoms with Crippen molar-refractivity contribution < 1.29 is 17.6 Å². The van der Waals surface area contributed by atoms with E-state index in [0.29, 0.717) is 25.9 Å². The van der Waals surface area contributed by atoms with Crippen molar-refractivity contribution in [1.82, 2.24) is 9.62 Å². The van der Waals surface area contributed by atoms with E-state index in [2.05, 4.69) is 4.72 Å². The van der Waals surface area contributed by atoms with Gasteiger partial charge in [0.25, 0.3) is 0 Å². The summed E-state index contributed by atoms with van der Waals surface area (Å²) < 4.78 is 39.3. The molecule has 0 aromatic heterocycles. The molecule has 7 heteroatoms. The van der Waals surface area contributed by atoms with Crippen LogP contribution in [-0.2, 0) is 14.8 Å². The number of carbonyl (C=O) groups is 1. The predicted octanol–water partition coefficient (Wildman–Crippen LogP) is 2.75. The van der Waals surface area contributed by atoms with Gasteiger partial charge < -0.3 is 4.90 Å². The zero-order chi connectivity index (χ0) is 19.9. The lowest BCUT2D eigenvalue weighted by molar-refractivity contribution is -0.131. The molecule has 5 nitrogen and oxygen atoms in total. The summed E-state index contributed by atoms with van der Waals surface area (Å²) in [6.07, 6.45) is 2.44. The lowest BCUT2D eigenvalue weighted by Gasteiger charge is -2.17. The highest BCUT2D eigenvalue weighted by Gasteiger charge is 2.47. The molecule has 1 heterocycles. The minimum atomic E-state index is -3.29. The number of rotatable bonds is 5. The van der Waals surface area contributed by atoms with Gasteiger partial charge in [-0.1, -0.05) is 36.4 Å². The van der Waals surface area contributed by atoms with Gasteiger partial charge in [-0.3, -0.25) is 4.79 Å². The molecule has 4 rings (SSSR count). The van der Waals surface area contributed by atoms with Crippen molar-refractivity contribution in [2.75, 3.05) is 19.3 Å². The molecule has 2 aromatic carbocycles. The van der Waals surface area contributed by atoms with Gasteiger partial charge in [0, 0.05) is 25.0 Å². The van der Waals surface area contributed by atoms with Crippen molar-refractivity contribution in [2.24, 2.45) is 5.92 Å². The van der Waals surface area contributed by atoms with Gasteiger partial charge in [-0.2, -0.15) is 0 Å². The number of benzene rings is 2. The Hall–Kier alpha value is -2.25. The van der Waals surface area contributed by atoms with Crippen LogP contribution in [-0.4, -0.2) is 44.6 Å². The first kappa shape index (κ1) is 19.1. The Morgan fingerprint density at radius 1 is 1.18 bits per heavy atom. The van der Waals surface area contributed by atoms with Gasteiger partial charge >= 0.3 is 0 Å². The van der Waals surface area contributed by atoms with Crippen molar-refractivity contribution in [3.05, 3.63) is 59.9 Å². The number of nitrogens with zero attached hydrogens (tertiary/aromatic N) is 1. The molecule has 1 N–H and O–H groups in total. The summed E-state index contributed by atoms with van der Waals surface area (Å²) in [7, 11) is -3.29. The predicted molar refractivity (Wildman–Crippen MR) is 106 cm³/mol. The number of halogens is 1. The number of likely N-dealkylation sites (tertiary alicyclic amines) is 1. The summed E-state index contributed by atoms with van der Waals surface area (Å²) in [6, 6.07) is 14.3. The molecular formula is C21H23FN2O3S. The van der Waals surface area contributed by atoms with E-state index in [0.717, 1.165) is 22.9 Å². The van der Waals surface area contributed by atoms with Gasteiger partial charge in [0.1, 0.15) is 5.82 Å². The Kier molecular flexibility index (Phi) is 4.97. The van der Waals surface area contributed by atoms with Crippen molar-refractivity contribution in [1.29, 1.82) is 0 Å². The van der Waals surface area contributed by atoms with Gasteiger partial charge in [0.2, 0.25) is 15.9 Å². The Bertz CT molecular complexity index is 994. The summed E-state index contributed by atoms with van der Waals surface area (Å²) in [5, 5.41) is 0. The normalized spacial score (nSPS) is 24.4. The first-order valence-electron chi connectivity index (χ1n) is 9.43. The van der Waals surface area contributed by atoms with Crippen molar-refractivity contribution >= 4 is 15.9 Å². The average Bonchev–Trinajstić information content (AvgIpc) is 3.32. The fraction of sp³-hybridized carbons (Fsp3) is 0.381. The second kappa shape index (κ2) is 7.29. The number of hydrogen-bond donors (Lipinski definition) is 1. The highest BCUT2D eigenvalue weighted by molar-refractivity contribution is 7.88. The minimum Gasteiger partial charge on any atom is -0.341 e. The highest BCUT2D eigenvalue weighted by Crippen LogP contribution is 2.51. The zero-order valence-electron chi connectivity index (χ0n) is 15.6. The standard InChI is InChI=1S/C21H23FN2O3S/c1-28(26,27)23-16-9-10-24(13-16)21(25)20-12-19(20)18-11-15(22)7-8-17(18)14-5-3-2-4-6-14/h2-8,11,16,19-20,23H,9-10,12-13H2,1H3/t16-,19+,20-/m1/s1. The van der Waals surface area contributed by atoms with Crippen LogP contribution < -0.4 is 4.72 Å². The molecular weight excluding hydrogens is 379 g/mol. The molecule has 28 heavy (non-hydrogen) atoms. The number of nitrogens with one attached hydrogen (secondary N) is 1. The van der Waals surface area contributed by atoms with Crippen LogP contribution in [0.1, 0.15) is 24.3 Å². The second-order valence-electron chi connectivity index (χ2n) is 7.71. The molecule has 0 unspecified atom stereocenters. The fourth-order valence-corrected chi connectivity index (χ4v) is 4.92. The van der Waals surface area contributed by atoms with E-state index in [-0.39, 0.29) is 29.6 Å². The Morgan fingerprint density at radius 2 is 1.93 bits per heavy atom. The molecule has 148 valence electrons. The quantitative estimate of drug-likeness (QED) is 0.836. The third-order valence-corrected chi connectivity index (χ3v) is 6.25. The van der Waals surface area contributed by atoms with Gasteiger partial charge in [-0.15, -0.1) is 0 Å². The summed E-state index contributed by atoms with van der Waals surface area (Å²) >= 11 is 0. The largest absolute Gasteiger partial charge is 0.341 e. The SMILES string of the molecule is CS(=O)(=O)N[C@@H]1CCN(C(=O)[C@@H]2C[C@H]2c2cc(F)ccc2-c2ccccc2)C1. The Labute approximate surface area is 164 Å². The number of sulfonamides is 1. The summed E-state index contributed by atoms with van der Waals surface area (Å²) in [4.78, 5) is 14.6. The lowest BCUT2D eigenvalue weighted by Crippen LogP contribution is -2.38. The van der Waals surface area contributed by atoms with Crippen LogP contribution in [0, 0.1) is 11.7 Å². The average molecular weight is 402 g/mol. The van der Waals surface area contributed by atoms with E-state index in [1.807, 2.05) is 30.3 Å². The molecule has 2 aliphatic rings. The minimum absolute atomic E-state index is 0.000299. The van der Waals surface area contributed by atoms with Crippen molar-refractivity contribution in [3.8, 4) is 11.1 Å². The van der Waals surface area contributed by atoms with Crippen LogP contribution >= 0.6 is 0 Å². The van der Waals surface area contributed by atoms with Crippen molar-refractivity contribution in [3.63, 3.8) is 0 Å². The monoisotopic (exact) mass is 402 g/mol. The first-order chi connectivity index (χ1) is 13.3. The van der Waals surface area contributed by atoms with Crippen LogP contribution in [0.5, 0.6) is 0 Å². The molecule has 0 bridgehead atoms. The third-order valence-electron chi connectivity index (χ3n) is 5.49. The number of amides is 1. The van der Waals surface area contributed by atoms with E-state index in [1.165, 1.54) is 12.1 Å². The van der Waals surface area contributed by atoms with Gasteiger partial charge in [0.15, 0.2) is 0 Å². The van der Waals surface area contributed by atoms with Crippen LogP contribution in [0.25, 0.3) is 11.1 Å². The summed E-state index contributed by atoms with van der Waals surface area (Å²) in [5.41, 5.74) is 2.84. The topological polar surface area (TPSA) is 66.5 Å². The van der Waals surface area contributed by atoms with Gasteiger partial charge in [-0.25, -0.2) is 17.5 Å². The molecule has 1 saturated carbocycles. The zero-order valence-corrected chi connectivity index (χ0v) is 16.5. The maximum atomic E-state index is 13.9. The third kappa shape index (κ3) is 4.10. The van der Waals surface area contributed by atoms with Crippen LogP contribution in [0.4, 0.5) is 4.39 Å². The fourth-order valence-electron chi connectivity index (χ4n) is 4.13. The molecule has 0 radical (unpaired) electrons. The van der Waals surface area contributed by atoms with Gasteiger partial charge in [0.05, 0.1) is 6.26 Å². The highest BCUT2D eigenvalue weighted by atomic mass is 32.2. The molecule has 2 fully saturated rings. The van der Waals surface area contributed by atoms with Crippen LogP contribution in [0.3, 0.4) is 0 Å². The van der Waals surface area contributed by atoms with Crippen LogP contribution in [0.15, 0.2) is 48.5 Å². The molecule has 1 amide bonds. The van der Waals surface area contributed by atoms with E-state index in [1.54, 1.807) is 11.0 Å². The maximum absolute atomic E-state index is 13.9. The number of hydrogen-bond acceptors (Lipinski definition) is 3. The van der Waals surface area contributed by atoms with E-state index >= 15 is 0 Å². The second-order valence-corrected chi connectivity index (χ2v) is 9.49. The van der Waals surface area contributed by atoms with E-state index in [4.69, 9.17) is 0 Å². The summed E-state index contributed by atoms with van der Waals surface area (Å²) in [5.74, 6) is -0.431. The molecule has 2 aromatic rings. The molecule has 1 aliphatic carbocycles. The molecule has 1 saturated heterocycles.